The maximum Gasteiger partial charge on any atom is 0.431 e. The van der Waals surface area contributed by atoms with E-state index in [-0.39, 0.29) is 21.3 Å². The zero-order valence-corrected chi connectivity index (χ0v) is 13.2. The molecule has 5 nitrogen and oxygen atoms in total. The van der Waals surface area contributed by atoms with Crippen LogP contribution in [0.2, 0.25) is 5.02 Å². The molecule has 0 saturated carbocycles. The van der Waals surface area contributed by atoms with E-state index in [4.69, 9.17) is 11.6 Å². The number of H-pyrrole nitrogens is 1. The molecule has 0 radical (unpaired) electrons. The molecule has 0 saturated heterocycles. The van der Waals surface area contributed by atoms with Crippen LogP contribution in [0, 0.1) is 12.7 Å². The van der Waals surface area contributed by atoms with Crippen LogP contribution in [0.3, 0.4) is 0 Å². The first-order valence-corrected chi connectivity index (χ1v) is 7.48. The molecule has 1 aromatic carbocycles. The van der Waals surface area contributed by atoms with Gasteiger partial charge in [-0.1, -0.05) is 11.6 Å². The van der Waals surface area contributed by atoms with Crippen LogP contribution in [-0.4, -0.2) is 14.5 Å². The van der Waals surface area contributed by atoms with Crippen LogP contribution in [0.1, 0.15) is 10.7 Å². The van der Waals surface area contributed by atoms with Crippen LogP contribution >= 0.6 is 22.9 Å². The molecule has 2 aromatic heterocycles. The third-order valence-corrected chi connectivity index (χ3v) is 4.38. The number of aryl methyl sites for hydroxylation is 1. The number of halogens is 5. The zero-order valence-electron chi connectivity index (χ0n) is 11.7. The van der Waals surface area contributed by atoms with Gasteiger partial charge in [-0.3, -0.25) is 4.79 Å². The smallest absolute Gasteiger partial charge is 0.303 e. The summed E-state index contributed by atoms with van der Waals surface area (Å²) in [5.74, 6) is -1.02. The average Bonchev–Trinajstić information content (AvgIpc) is 2.82. The number of fused-ring (bicyclic) bond motifs is 1. The van der Waals surface area contributed by atoms with Gasteiger partial charge in [-0.2, -0.15) is 13.2 Å². The fourth-order valence-electron chi connectivity index (χ4n) is 2.17. The maximum atomic E-state index is 14.3. The second-order valence-corrected chi connectivity index (χ2v) is 6.37. The van der Waals surface area contributed by atoms with E-state index in [1.54, 1.807) is 6.92 Å². The standard InChI is InChI=1S/C13H6ClF4N3O2S/c1-4-19-9-5(14)2-6(15)10(11(9)24-4)21-8(22)3-7(13(16,17)18)20-12(21)23/h2-3H,1H3,(H,20,23). The first kappa shape index (κ1) is 16.7. The molecule has 24 heavy (non-hydrogen) atoms. The zero-order chi connectivity index (χ0) is 17.8. The molecule has 0 spiro atoms. The topological polar surface area (TPSA) is 67.8 Å². The highest BCUT2D eigenvalue weighted by molar-refractivity contribution is 7.19. The van der Waals surface area contributed by atoms with E-state index in [9.17, 15) is 27.2 Å². The normalized spacial score (nSPS) is 12.1. The van der Waals surface area contributed by atoms with Crippen LogP contribution in [0.4, 0.5) is 17.6 Å². The largest absolute Gasteiger partial charge is 0.431 e. The summed E-state index contributed by atoms with van der Waals surface area (Å²) < 4.78 is 52.7. The first-order valence-electron chi connectivity index (χ1n) is 6.28. The van der Waals surface area contributed by atoms with E-state index in [2.05, 4.69) is 4.98 Å². The van der Waals surface area contributed by atoms with Crippen molar-refractivity contribution in [3.63, 3.8) is 0 Å². The Morgan fingerprint density at radius 3 is 2.54 bits per heavy atom. The molecular formula is C13H6ClF4N3O2S. The Morgan fingerprint density at radius 2 is 1.96 bits per heavy atom. The highest BCUT2D eigenvalue weighted by atomic mass is 35.5. The van der Waals surface area contributed by atoms with E-state index in [1.807, 2.05) is 0 Å². The Kier molecular flexibility index (Phi) is 3.76. The summed E-state index contributed by atoms with van der Waals surface area (Å²) in [5, 5.41) is 0.446. The van der Waals surface area contributed by atoms with Gasteiger partial charge >= 0.3 is 11.9 Å². The maximum absolute atomic E-state index is 14.3. The molecule has 0 bridgehead atoms. The van der Waals surface area contributed by atoms with Crippen LogP contribution in [-0.2, 0) is 6.18 Å². The summed E-state index contributed by atoms with van der Waals surface area (Å²) in [5.41, 5.74) is -4.58. The average molecular weight is 380 g/mol. The Labute approximate surface area is 139 Å². The van der Waals surface area contributed by atoms with Crippen molar-refractivity contribution in [2.45, 2.75) is 13.1 Å². The van der Waals surface area contributed by atoms with Crippen molar-refractivity contribution in [3.05, 3.63) is 54.5 Å². The number of alkyl halides is 3. The Balaban J connectivity index is 2.42. The minimum atomic E-state index is -4.91. The highest BCUT2D eigenvalue weighted by Gasteiger charge is 2.33. The molecule has 0 aliphatic heterocycles. The second-order valence-electron chi connectivity index (χ2n) is 4.76. The minimum Gasteiger partial charge on any atom is -0.303 e. The van der Waals surface area contributed by atoms with Crippen molar-refractivity contribution in [2.24, 2.45) is 0 Å². The quantitative estimate of drug-likeness (QED) is 0.660. The molecule has 3 aromatic rings. The number of aromatic nitrogens is 3. The lowest BCUT2D eigenvalue weighted by atomic mass is 10.2. The van der Waals surface area contributed by atoms with E-state index in [1.165, 1.54) is 4.98 Å². The Hall–Kier alpha value is -2.20. The minimum absolute atomic E-state index is 0.0352. The van der Waals surface area contributed by atoms with Crippen LogP contribution in [0.15, 0.2) is 21.7 Å². The summed E-state index contributed by atoms with van der Waals surface area (Å²) in [6.07, 6.45) is -4.91. The number of thiazole rings is 1. The summed E-state index contributed by atoms with van der Waals surface area (Å²) in [4.78, 5) is 29.6. The lowest BCUT2D eigenvalue weighted by Gasteiger charge is -2.10. The van der Waals surface area contributed by atoms with Gasteiger partial charge in [0.2, 0.25) is 0 Å². The second kappa shape index (κ2) is 5.42. The van der Waals surface area contributed by atoms with Gasteiger partial charge in [0.05, 0.1) is 14.7 Å². The van der Waals surface area contributed by atoms with Gasteiger partial charge < -0.3 is 4.98 Å². The molecule has 0 atom stereocenters. The predicted octanol–water partition coefficient (Wildman–Crippen LogP) is 3.26. The molecule has 0 aliphatic carbocycles. The number of hydrogen-bond acceptors (Lipinski definition) is 4. The summed E-state index contributed by atoms with van der Waals surface area (Å²) >= 11 is 6.84. The van der Waals surface area contributed by atoms with Crippen molar-refractivity contribution in [1.29, 1.82) is 0 Å². The third kappa shape index (κ3) is 2.61. The molecule has 0 unspecified atom stereocenters. The third-order valence-electron chi connectivity index (χ3n) is 3.12. The number of aromatic amines is 1. The van der Waals surface area contributed by atoms with Gasteiger partial charge in [0, 0.05) is 6.07 Å². The molecule has 11 heteroatoms. The lowest BCUT2D eigenvalue weighted by Crippen LogP contribution is -2.36. The molecule has 3 rings (SSSR count). The van der Waals surface area contributed by atoms with E-state index >= 15 is 0 Å². The Morgan fingerprint density at radius 1 is 1.29 bits per heavy atom. The number of nitrogens with one attached hydrogen (secondary N) is 1. The molecule has 126 valence electrons. The van der Waals surface area contributed by atoms with Crippen LogP contribution in [0.25, 0.3) is 15.9 Å². The predicted molar refractivity (Wildman–Crippen MR) is 80.5 cm³/mol. The van der Waals surface area contributed by atoms with Gasteiger partial charge in [0.1, 0.15) is 16.9 Å². The monoisotopic (exact) mass is 379 g/mol. The SMILES string of the molecule is Cc1nc2c(Cl)cc(F)c(-n3c(=O)cc(C(F)(F)F)[nH]c3=O)c2s1. The fraction of sp³-hybridized carbons (Fsp3) is 0.154. The number of nitrogens with zero attached hydrogens (tertiary/aromatic N) is 2. The summed E-state index contributed by atoms with van der Waals surface area (Å²) in [6, 6.07) is 1.04. The van der Waals surface area contributed by atoms with Gasteiger partial charge in [0.15, 0.2) is 5.82 Å². The van der Waals surface area contributed by atoms with Gasteiger partial charge in [-0.15, -0.1) is 11.3 Å². The van der Waals surface area contributed by atoms with Crippen molar-refractivity contribution in [1.82, 2.24) is 14.5 Å². The summed E-state index contributed by atoms with van der Waals surface area (Å²) in [6.45, 7) is 1.60. The fourth-order valence-corrected chi connectivity index (χ4v) is 3.43. The number of hydrogen-bond donors (Lipinski definition) is 1. The lowest BCUT2D eigenvalue weighted by molar-refractivity contribution is -0.141. The van der Waals surface area contributed by atoms with Crippen molar-refractivity contribution < 1.29 is 17.6 Å². The number of rotatable bonds is 1. The van der Waals surface area contributed by atoms with Crippen LogP contribution in [0.5, 0.6) is 0 Å². The molecular weight excluding hydrogens is 374 g/mol. The van der Waals surface area contributed by atoms with E-state index in [0.29, 0.717) is 9.57 Å². The summed E-state index contributed by atoms with van der Waals surface area (Å²) in [7, 11) is 0. The molecule has 0 fully saturated rings. The molecule has 2 heterocycles. The van der Waals surface area contributed by atoms with Crippen molar-refractivity contribution >= 4 is 33.2 Å². The molecule has 1 N–H and O–H groups in total. The van der Waals surface area contributed by atoms with Crippen molar-refractivity contribution in [3.8, 4) is 5.69 Å². The van der Waals surface area contributed by atoms with E-state index < -0.39 is 34.6 Å². The number of benzene rings is 1. The molecule has 0 aliphatic rings. The molecule has 0 amide bonds. The Bertz CT molecular complexity index is 1050. The van der Waals surface area contributed by atoms with E-state index in [0.717, 1.165) is 17.4 Å². The van der Waals surface area contributed by atoms with Gasteiger partial charge in [-0.05, 0) is 13.0 Å². The highest BCUT2D eigenvalue weighted by Crippen LogP contribution is 2.34. The van der Waals surface area contributed by atoms with Crippen molar-refractivity contribution in [2.75, 3.05) is 0 Å². The van der Waals surface area contributed by atoms with Gasteiger partial charge in [0.25, 0.3) is 5.56 Å². The van der Waals surface area contributed by atoms with Gasteiger partial charge in [-0.25, -0.2) is 18.7 Å². The van der Waals surface area contributed by atoms with Crippen LogP contribution < -0.4 is 11.2 Å². The first-order chi connectivity index (χ1) is 11.1.